The zero-order chi connectivity index (χ0) is 15.2. The quantitative estimate of drug-likeness (QED) is 0.237. The fraction of sp³-hybridized carbons (Fsp3) is 0.667. The second kappa shape index (κ2) is 14.3. The largest absolute Gasteiger partial charge is 0.804 e. The first-order valence-corrected chi connectivity index (χ1v) is 9.36. The van der Waals surface area contributed by atoms with Crippen LogP contribution in [0, 0.1) is 0 Å². The summed E-state index contributed by atoms with van der Waals surface area (Å²) in [6.07, 6.45) is 5.70. The predicted molar refractivity (Wildman–Crippen MR) is 87.3 cm³/mol. The van der Waals surface area contributed by atoms with Crippen LogP contribution >= 0.6 is 54.7 Å². The van der Waals surface area contributed by atoms with E-state index in [-0.39, 0.29) is 0 Å². The Morgan fingerprint density at radius 1 is 0.800 bits per heavy atom. The van der Waals surface area contributed by atoms with Crippen LogP contribution in [0.2, 0.25) is 0 Å². The molecular formula is C12H18Cl4O3P+. The van der Waals surface area contributed by atoms with Crippen LogP contribution in [0.15, 0.2) is 23.7 Å². The molecular weight excluding hydrogens is 365 g/mol. The smallest absolute Gasteiger partial charge is 0.227 e. The molecule has 0 aromatic carbocycles. The van der Waals surface area contributed by atoms with Crippen LogP contribution in [0.4, 0.5) is 0 Å². The van der Waals surface area contributed by atoms with E-state index in [0.29, 0.717) is 60.7 Å². The Morgan fingerprint density at radius 3 is 1.50 bits per heavy atom. The van der Waals surface area contributed by atoms with Crippen LogP contribution in [0.5, 0.6) is 0 Å². The third-order valence-corrected chi connectivity index (χ3v) is 3.61. The van der Waals surface area contributed by atoms with Gasteiger partial charge in [-0.3, -0.25) is 0 Å². The lowest BCUT2D eigenvalue weighted by Gasteiger charge is -2.00. The molecule has 8 heteroatoms. The van der Waals surface area contributed by atoms with Gasteiger partial charge in [-0.05, 0) is 25.0 Å². The summed E-state index contributed by atoms with van der Waals surface area (Å²) in [5, 5.41) is 0. The zero-order valence-corrected chi connectivity index (χ0v) is 14.9. The molecule has 0 spiro atoms. The van der Waals surface area contributed by atoms with Gasteiger partial charge in [-0.1, -0.05) is 0 Å². The van der Waals surface area contributed by atoms with Gasteiger partial charge in [0, 0.05) is 40.9 Å². The van der Waals surface area contributed by atoms with Gasteiger partial charge in [0.2, 0.25) is 0 Å². The first-order valence-electron chi connectivity index (χ1n) is 6.13. The Hall–Kier alpha value is 0.340. The molecule has 0 N–H and O–H groups in total. The Kier molecular flexibility index (Phi) is 14.5. The number of rotatable bonds is 12. The molecule has 0 heterocycles. The highest BCUT2D eigenvalue weighted by atomic mass is 35.5. The van der Waals surface area contributed by atoms with Crippen LogP contribution in [-0.2, 0) is 13.6 Å². The van der Waals surface area contributed by atoms with Crippen molar-refractivity contribution in [2.75, 3.05) is 23.5 Å². The normalized spacial score (nSPS) is 12.4. The maximum Gasteiger partial charge on any atom is 0.804 e. The van der Waals surface area contributed by atoms with Crippen molar-refractivity contribution in [3.8, 4) is 0 Å². The SMILES string of the molecule is O=[P+](O/C(=C\CCCl)CCCl)O/C(=C\CCCl)CCCl. The Labute approximate surface area is 141 Å². The third-order valence-electron chi connectivity index (χ3n) is 2.03. The number of hydrogen-bond acceptors (Lipinski definition) is 3. The maximum atomic E-state index is 11.8. The second-order valence-electron chi connectivity index (χ2n) is 3.58. The van der Waals surface area contributed by atoms with E-state index in [2.05, 4.69) is 0 Å². The molecule has 0 fully saturated rings. The van der Waals surface area contributed by atoms with E-state index < -0.39 is 8.25 Å². The third kappa shape index (κ3) is 11.0. The van der Waals surface area contributed by atoms with E-state index in [1.54, 1.807) is 12.2 Å². The summed E-state index contributed by atoms with van der Waals surface area (Å²) in [5.74, 6) is 2.69. The van der Waals surface area contributed by atoms with Gasteiger partial charge in [0.05, 0.1) is 0 Å². The molecule has 0 atom stereocenters. The van der Waals surface area contributed by atoms with Gasteiger partial charge in [-0.2, -0.15) is 0 Å². The van der Waals surface area contributed by atoms with Gasteiger partial charge in [0.15, 0.2) is 11.5 Å². The van der Waals surface area contributed by atoms with Crippen molar-refractivity contribution in [2.24, 2.45) is 0 Å². The van der Waals surface area contributed by atoms with Crippen LogP contribution in [-0.4, -0.2) is 23.5 Å². The van der Waals surface area contributed by atoms with Crippen molar-refractivity contribution in [1.29, 1.82) is 0 Å². The number of hydrogen-bond donors (Lipinski definition) is 0. The van der Waals surface area contributed by atoms with E-state index in [4.69, 9.17) is 55.5 Å². The fourth-order valence-corrected chi connectivity index (χ4v) is 2.54. The second-order valence-corrected chi connectivity index (χ2v) is 5.90. The van der Waals surface area contributed by atoms with Gasteiger partial charge in [-0.25, -0.2) is 9.05 Å². The van der Waals surface area contributed by atoms with Crippen molar-refractivity contribution >= 4 is 54.7 Å². The standard InChI is InChI=1S/C12H18Cl4O3P/c13-7-1-3-11(5-9-15)18-20(17)19-12(6-10-16)4-2-8-14/h3-4H,1-2,5-10H2/q+1/b11-3-,12-4-. The molecule has 0 rings (SSSR count). The molecule has 0 aliphatic carbocycles. The van der Waals surface area contributed by atoms with E-state index >= 15 is 0 Å². The van der Waals surface area contributed by atoms with E-state index in [0.717, 1.165) is 0 Å². The summed E-state index contributed by atoms with van der Waals surface area (Å²) in [6.45, 7) is 0. The Balaban J connectivity index is 4.47. The highest BCUT2D eigenvalue weighted by molar-refractivity contribution is 7.33. The highest BCUT2D eigenvalue weighted by Crippen LogP contribution is 2.33. The first-order chi connectivity index (χ1) is 9.67. The van der Waals surface area contributed by atoms with Gasteiger partial charge in [-0.15, -0.1) is 46.4 Å². The summed E-state index contributed by atoms with van der Waals surface area (Å²) < 4.78 is 22.3. The molecule has 0 aromatic rings. The minimum Gasteiger partial charge on any atom is -0.227 e. The van der Waals surface area contributed by atoms with Crippen molar-refractivity contribution in [3.05, 3.63) is 23.7 Å². The fourth-order valence-electron chi connectivity index (χ4n) is 1.20. The number of halogens is 4. The van der Waals surface area contributed by atoms with Crippen molar-refractivity contribution < 1.29 is 13.6 Å². The van der Waals surface area contributed by atoms with Crippen LogP contribution in [0.25, 0.3) is 0 Å². The van der Waals surface area contributed by atoms with E-state index in [9.17, 15) is 4.57 Å². The highest BCUT2D eigenvalue weighted by Gasteiger charge is 2.26. The van der Waals surface area contributed by atoms with Crippen LogP contribution in [0.3, 0.4) is 0 Å². The van der Waals surface area contributed by atoms with E-state index in [1.165, 1.54) is 0 Å². The Morgan fingerprint density at radius 2 is 1.20 bits per heavy atom. The zero-order valence-electron chi connectivity index (χ0n) is 11.0. The lowest BCUT2D eigenvalue weighted by molar-refractivity contribution is 0.303. The van der Waals surface area contributed by atoms with Gasteiger partial charge < -0.3 is 0 Å². The number of allylic oxidation sites excluding steroid dienone is 4. The van der Waals surface area contributed by atoms with E-state index in [1.807, 2.05) is 0 Å². The topological polar surface area (TPSA) is 35.5 Å². The Bertz CT molecular complexity index is 305. The van der Waals surface area contributed by atoms with Crippen LogP contribution < -0.4 is 0 Å². The maximum absolute atomic E-state index is 11.8. The van der Waals surface area contributed by atoms with Gasteiger partial charge in [0.25, 0.3) is 0 Å². The lowest BCUT2D eigenvalue weighted by atomic mass is 10.3. The number of alkyl halides is 4. The van der Waals surface area contributed by atoms with Crippen molar-refractivity contribution in [1.82, 2.24) is 0 Å². The monoisotopic (exact) mass is 381 g/mol. The van der Waals surface area contributed by atoms with Crippen molar-refractivity contribution in [3.63, 3.8) is 0 Å². The summed E-state index contributed by atoms with van der Waals surface area (Å²) in [7, 11) is -2.31. The summed E-state index contributed by atoms with van der Waals surface area (Å²) >= 11 is 22.5. The van der Waals surface area contributed by atoms with Crippen molar-refractivity contribution in [2.45, 2.75) is 25.7 Å². The molecule has 0 aromatic heterocycles. The van der Waals surface area contributed by atoms with Gasteiger partial charge in [0.1, 0.15) is 0 Å². The molecule has 20 heavy (non-hydrogen) atoms. The summed E-state index contributed by atoms with van der Waals surface area (Å²) in [6, 6.07) is 0. The van der Waals surface area contributed by atoms with Crippen LogP contribution in [0.1, 0.15) is 25.7 Å². The summed E-state index contributed by atoms with van der Waals surface area (Å²) in [4.78, 5) is 0. The average Bonchev–Trinajstić information content (AvgIpc) is 2.42. The predicted octanol–water partition coefficient (Wildman–Crippen LogP) is 5.96. The lowest BCUT2D eigenvalue weighted by Crippen LogP contribution is -1.92. The average molecular weight is 383 g/mol. The summed E-state index contributed by atoms with van der Waals surface area (Å²) in [5.41, 5.74) is 0. The molecule has 0 bridgehead atoms. The molecule has 0 aliphatic heterocycles. The molecule has 0 amide bonds. The molecule has 3 nitrogen and oxygen atoms in total. The molecule has 0 saturated heterocycles. The minimum atomic E-state index is -2.31. The molecule has 0 aliphatic rings. The molecule has 0 unspecified atom stereocenters. The molecule has 0 saturated carbocycles. The van der Waals surface area contributed by atoms with Gasteiger partial charge >= 0.3 is 8.25 Å². The molecule has 0 radical (unpaired) electrons. The molecule has 116 valence electrons. The first kappa shape index (κ1) is 20.3. The minimum absolute atomic E-state index is 0.369.